The Morgan fingerprint density at radius 1 is 1.15 bits per heavy atom. The van der Waals surface area contributed by atoms with E-state index in [2.05, 4.69) is 4.98 Å². The second-order valence-electron chi connectivity index (χ2n) is 3.69. The van der Waals surface area contributed by atoms with Gasteiger partial charge in [0.15, 0.2) is 0 Å². The molecule has 0 fully saturated rings. The number of aromatic nitrogens is 2. The maximum Gasteiger partial charge on any atom is 0.417 e. The number of aryl methyl sites for hydroxylation is 1. The monoisotopic (exact) mass is 308 g/mol. The third-order valence-corrected chi connectivity index (χ3v) is 3.00. The van der Waals surface area contributed by atoms with Crippen molar-refractivity contribution in [1.29, 1.82) is 0 Å². The van der Waals surface area contributed by atoms with Gasteiger partial charge >= 0.3 is 11.9 Å². The number of hydrogen-bond acceptors (Lipinski definition) is 2. The highest BCUT2D eigenvalue weighted by Crippen LogP contribution is 2.38. The lowest BCUT2D eigenvalue weighted by molar-refractivity contribution is -0.137. The summed E-state index contributed by atoms with van der Waals surface area (Å²) in [6, 6.07) is 0.624. The molecule has 1 aromatic heterocycles. The van der Waals surface area contributed by atoms with Gasteiger partial charge in [0.2, 0.25) is 0 Å². The molecular formula is C12H12ClF3N2O2. The smallest absolute Gasteiger partial charge is 0.307 e. The second kappa shape index (κ2) is 5.70. The fourth-order valence-corrected chi connectivity index (χ4v) is 1.91. The van der Waals surface area contributed by atoms with Crippen LogP contribution in [0.15, 0.2) is 15.7 Å². The lowest BCUT2D eigenvalue weighted by Gasteiger charge is -2.12. The Morgan fingerprint density at radius 2 is 1.70 bits per heavy atom. The Morgan fingerprint density at radius 3 is 2.20 bits per heavy atom. The van der Waals surface area contributed by atoms with Crippen molar-refractivity contribution >= 4 is 22.5 Å². The summed E-state index contributed by atoms with van der Waals surface area (Å²) in [5, 5.41) is -0.792. The first-order valence-electron chi connectivity index (χ1n) is 5.74. The van der Waals surface area contributed by atoms with Crippen LogP contribution in [0.5, 0.6) is 0 Å². The van der Waals surface area contributed by atoms with Gasteiger partial charge in [-0.25, -0.2) is 4.79 Å². The van der Waals surface area contributed by atoms with E-state index in [0.29, 0.717) is 6.07 Å². The van der Waals surface area contributed by atoms with Crippen LogP contribution in [0, 0.1) is 6.92 Å². The van der Waals surface area contributed by atoms with Crippen LogP contribution in [0.1, 0.15) is 25.0 Å². The lowest BCUT2D eigenvalue weighted by Crippen LogP contribution is -2.23. The van der Waals surface area contributed by atoms with Crippen LogP contribution in [0.2, 0.25) is 5.02 Å². The van der Waals surface area contributed by atoms with E-state index in [1.54, 1.807) is 0 Å². The summed E-state index contributed by atoms with van der Waals surface area (Å²) in [6.45, 7) is 5.30. The largest absolute Gasteiger partial charge is 0.417 e. The van der Waals surface area contributed by atoms with Crippen molar-refractivity contribution in [2.75, 3.05) is 0 Å². The van der Waals surface area contributed by atoms with Crippen LogP contribution >= 0.6 is 11.6 Å². The Bertz CT molecular complexity index is 747. The molecule has 0 atom stereocenters. The standard InChI is InChI=1S/C10H6ClF3N2O2.C2H6/c1-3-6(11)5(10(12,13)14)2-4-7(3)15-9(18)16-8(4)17;1-2/h2H,1H3,(H2,15,16,17,18);1-2H3. The maximum absolute atomic E-state index is 12.7. The molecule has 20 heavy (non-hydrogen) atoms. The van der Waals surface area contributed by atoms with Crippen LogP contribution in [0.3, 0.4) is 0 Å². The average molecular weight is 309 g/mol. The number of hydrogen-bond donors (Lipinski definition) is 2. The van der Waals surface area contributed by atoms with Gasteiger partial charge in [0.05, 0.1) is 21.5 Å². The van der Waals surface area contributed by atoms with Crippen molar-refractivity contribution < 1.29 is 13.2 Å². The maximum atomic E-state index is 12.7. The topological polar surface area (TPSA) is 65.7 Å². The highest BCUT2D eigenvalue weighted by Gasteiger charge is 2.34. The first-order valence-corrected chi connectivity index (χ1v) is 6.12. The van der Waals surface area contributed by atoms with E-state index in [1.807, 2.05) is 18.8 Å². The van der Waals surface area contributed by atoms with Crippen molar-refractivity contribution in [3.8, 4) is 0 Å². The number of fused-ring (bicyclic) bond motifs is 1. The highest BCUT2D eigenvalue weighted by atomic mass is 35.5. The zero-order valence-corrected chi connectivity index (χ0v) is 11.7. The molecule has 0 saturated heterocycles. The molecule has 0 aliphatic carbocycles. The minimum atomic E-state index is -4.67. The Balaban J connectivity index is 0.000000956. The second-order valence-corrected chi connectivity index (χ2v) is 4.07. The summed E-state index contributed by atoms with van der Waals surface area (Å²) in [5.41, 5.74) is -2.79. The van der Waals surface area contributed by atoms with Crippen molar-refractivity contribution in [3.63, 3.8) is 0 Å². The van der Waals surface area contributed by atoms with Gasteiger partial charge in [0.1, 0.15) is 0 Å². The lowest BCUT2D eigenvalue weighted by atomic mass is 10.1. The third-order valence-electron chi connectivity index (χ3n) is 2.51. The van der Waals surface area contributed by atoms with E-state index in [0.717, 1.165) is 0 Å². The van der Waals surface area contributed by atoms with Crippen LogP contribution in [0.25, 0.3) is 10.9 Å². The fourth-order valence-electron chi connectivity index (χ4n) is 1.66. The molecule has 0 aliphatic rings. The van der Waals surface area contributed by atoms with E-state index in [4.69, 9.17) is 11.6 Å². The minimum Gasteiger partial charge on any atom is -0.307 e. The summed E-state index contributed by atoms with van der Waals surface area (Å²) < 4.78 is 38.1. The summed E-state index contributed by atoms with van der Waals surface area (Å²) in [7, 11) is 0. The molecular weight excluding hydrogens is 297 g/mol. The summed E-state index contributed by atoms with van der Waals surface area (Å²) in [4.78, 5) is 26.6. The number of halogens is 4. The van der Waals surface area contributed by atoms with E-state index in [-0.39, 0.29) is 16.5 Å². The minimum absolute atomic E-state index is 0.00162. The molecule has 2 N–H and O–H groups in total. The predicted molar refractivity (Wildman–Crippen MR) is 71.3 cm³/mol. The van der Waals surface area contributed by atoms with Crippen molar-refractivity contribution in [2.45, 2.75) is 26.9 Å². The zero-order chi connectivity index (χ0) is 15.7. The average Bonchev–Trinajstić information content (AvgIpc) is 2.35. The van der Waals surface area contributed by atoms with Crippen molar-refractivity contribution in [2.24, 2.45) is 0 Å². The molecule has 0 aliphatic heterocycles. The molecule has 0 saturated carbocycles. The summed E-state index contributed by atoms with van der Waals surface area (Å²) >= 11 is 5.61. The molecule has 4 nitrogen and oxygen atoms in total. The molecule has 110 valence electrons. The van der Waals surface area contributed by atoms with Crippen molar-refractivity contribution in [3.05, 3.63) is 43.1 Å². The van der Waals surface area contributed by atoms with Gasteiger partial charge < -0.3 is 4.98 Å². The molecule has 0 bridgehead atoms. The predicted octanol–water partition coefficient (Wildman–Crippen LogP) is 3.22. The molecule has 1 aromatic carbocycles. The number of aromatic amines is 2. The normalized spacial score (nSPS) is 11.2. The first-order chi connectivity index (χ1) is 9.21. The van der Waals surface area contributed by atoms with Crippen LogP contribution in [0.4, 0.5) is 13.2 Å². The van der Waals surface area contributed by atoms with Gasteiger partial charge in [0.25, 0.3) is 5.56 Å². The first kappa shape index (κ1) is 16.3. The van der Waals surface area contributed by atoms with E-state index < -0.39 is 28.0 Å². The number of H-pyrrole nitrogens is 2. The number of nitrogens with one attached hydrogen (secondary N) is 2. The van der Waals surface area contributed by atoms with Crippen LogP contribution < -0.4 is 11.2 Å². The SMILES string of the molecule is CC.Cc1c(Cl)c(C(F)(F)F)cc2c(=O)[nH]c(=O)[nH]c12. The molecule has 0 unspecified atom stereocenters. The van der Waals surface area contributed by atoms with Crippen molar-refractivity contribution in [1.82, 2.24) is 9.97 Å². The van der Waals surface area contributed by atoms with Crippen LogP contribution in [-0.4, -0.2) is 9.97 Å². The van der Waals surface area contributed by atoms with Gasteiger partial charge in [-0.2, -0.15) is 13.2 Å². The summed E-state index contributed by atoms with van der Waals surface area (Å²) in [6.07, 6.45) is -4.67. The number of benzene rings is 1. The Hall–Kier alpha value is -1.76. The molecule has 1 heterocycles. The van der Waals surface area contributed by atoms with Crippen LogP contribution in [-0.2, 0) is 6.18 Å². The molecule has 8 heteroatoms. The Kier molecular flexibility index (Phi) is 4.65. The molecule has 2 rings (SSSR count). The van der Waals surface area contributed by atoms with E-state index in [9.17, 15) is 22.8 Å². The number of alkyl halides is 3. The molecule has 0 amide bonds. The quantitative estimate of drug-likeness (QED) is 0.784. The van der Waals surface area contributed by atoms with Gasteiger partial charge in [-0.15, -0.1) is 0 Å². The number of rotatable bonds is 0. The molecule has 2 aromatic rings. The van der Waals surface area contributed by atoms with E-state index in [1.165, 1.54) is 6.92 Å². The Labute approximate surface area is 116 Å². The van der Waals surface area contributed by atoms with E-state index >= 15 is 0 Å². The zero-order valence-electron chi connectivity index (χ0n) is 10.9. The van der Waals surface area contributed by atoms with Gasteiger partial charge in [0, 0.05) is 0 Å². The van der Waals surface area contributed by atoms with Gasteiger partial charge in [-0.05, 0) is 18.6 Å². The van der Waals surface area contributed by atoms with Gasteiger partial charge in [-0.1, -0.05) is 25.4 Å². The highest BCUT2D eigenvalue weighted by molar-refractivity contribution is 6.33. The van der Waals surface area contributed by atoms with Gasteiger partial charge in [-0.3, -0.25) is 9.78 Å². The molecule has 0 radical (unpaired) electrons. The third kappa shape index (κ3) is 2.87. The summed E-state index contributed by atoms with van der Waals surface area (Å²) in [5.74, 6) is 0. The fraction of sp³-hybridized carbons (Fsp3) is 0.333. The molecule has 0 spiro atoms.